The van der Waals surface area contributed by atoms with Crippen LogP contribution in [0, 0.1) is 11.2 Å². The van der Waals surface area contributed by atoms with Crippen LogP contribution in [-0.4, -0.2) is 38.4 Å². The zero-order valence-electron chi connectivity index (χ0n) is 16.2. The summed E-state index contributed by atoms with van der Waals surface area (Å²) in [4.78, 5) is 12.5. The van der Waals surface area contributed by atoms with E-state index in [9.17, 15) is 9.18 Å². The van der Waals surface area contributed by atoms with E-state index in [2.05, 4.69) is 10.6 Å². The highest BCUT2D eigenvalue weighted by Crippen LogP contribution is 2.31. The maximum atomic E-state index is 13.0. The van der Waals surface area contributed by atoms with Crippen molar-refractivity contribution in [3.63, 3.8) is 0 Å². The summed E-state index contributed by atoms with van der Waals surface area (Å²) in [6.07, 6.45) is 3.28. The molecule has 0 aliphatic carbocycles. The van der Waals surface area contributed by atoms with E-state index in [0.717, 1.165) is 5.56 Å². The van der Waals surface area contributed by atoms with Crippen molar-refractivity contribution >= 4 is 23.4 Å². The Bertz CT molecular complexity index is 877. The van der Waals surface area contributed by atoms with Crippen LogP contribution in [0.5, 0.6) is 5.75 Å². The number of ether oxygens (including phenoxy) is 1. The Kier molecular flexibility index (Phi) is 7.28. The van der Waals surface area contributed by atoms with Crippen LogP contribution >= 0.6 is 0 Å². The molecule has 28 heavy (non-hydrogen) atoms. The van der Waals surface area contributed by atoms with Gasteiger partial charge in [-0.2, -0.15) is 0 Å². The average molecular weight is 384 g/mol. The van der Waals surface area contributed by atoms with Gasteiger partial charge in [0.15, 0.2) is 0 Å². The van der Waals surface area contributed by atoms with Crippen molar-refractivity contribution in [1.29, 1.82) is 5.41 Å². The van der Waals surface area contributed by atoms with Gasteiger partial charge in [0.1, 0.15) is 11.6 Å². The average Bonchev–Trinajstić information content (AvgIpc) is 2.69. The normalized spacial score (nSPS) is 11.9. The maximum absolute atomic E-state index is 13.0. The summed E-state index contributed by atoms with van der Waals surface area (Å²) >= 11 is 0. The topological polar surface area (TPSA) is 100 Å². The molecule has 0 spiro atoms. The third-order valence-electron chi connectivity index (χ3n) is 4.04. The predicted octanol–water partition coefficient (Wildman–Crippen LogP) is 3.03. The molecule has 1 atom stereocenters. The number of carbonyl (C=O) groups excluding carboxylic acids is 1. The Morgan fingerprint density at radius 3 is 2.54 bits per heavy atom. The number of halogens is 1. The summed E-state index contributed by atoms with van der Waals surface area (Å²) < 4.78 is 18.5. The molecule has 0 aromatic heterocycles. The molecule has 7 heteroatoms. The zero-order chi connectivity index (χ0) is 20.7. The SMILES string of the molecule is CNc1ccc(C(=O)NCC(C)N)c(OC)c1C(=N)/C=C/c1ccc(F)cc1. The molecule has 0 bridgehead atoms. The number of hydrogen-bond donors (Lipinski definition) is 4. The van der Waals surface area contributed by atoms with E-state index in [4.69, 9.17) is 15.9 Å². The zero-order valence-corrected chi connectivity index (χ0v) is 16.2. The van der Waals surface area contributed by atoms with Gasteiger partial charge >= 0.3 is 0 Å². The van der Waals surface area contributed by atoms with Crippen LogP contribution in [0.4, 0.5) is 10.1 Å². The van der Waals surface area contributed by atoms with E-state index in [-0.39, 0.29) is 23.5 Å². The van der Waals surface area contributed by atoms with Gasteiger partial charge in [0.2, 0.25) is 0 Å². The summed E-state index contributed by atoms with van der Waals surface area (Å²) in [6.45, 7) is 2.12. The predicted molar refractivity (Wildman–Crippen MR) is 111 cm³/mol. The molecule has 0 fully saturated rings. The first-order valence-corrected chi connectivity index (χ1v) is 8.82. The molecular weight excluding hydrogens is 359 g/mol. The molecule has 6 nitrogen and oxygen atoms in total. The van der Waals surface area contributed by atoms with E-state index in [0.29, 0.717) is 29.1 Å². The van der Waals surface area contributed by atoms with Crippen LogP contribution in [0.2, 0.25) is 0 Å². The highest BCUT2D eigenvalue weighted by atomic mass is 19.1. The fraction of sp³-hybridized carbons (Fsp3) is 0.238. The molecule has 0 radical (unpaired) electrons. The smallest absolute Gasteiger partial charge is 0.255 e. The van der Waals surface area contributed by atoms with E-state index < -0.39 is 0 Å². The molecule has 0 saturated heterocycles. The summed E-state index contributed by atoms with van der Waals surface area (Å²) in [5.74, 6) is -0.354. The lowest BCUT2D eigenvalue weighted by molar-refractivity contribution is 0.0948. The fourth-order valence-corrected chi connectivity index (χ4v) is 2.63. The minimum atomic E-state index is -0.326. The van der Waals surface area contributed by atoms with E-state index in [1.807, 2.05) is 0 Å². The van der Waals surface area contributed by atoms with Crippen LogP contribution in [0.25, 0.3) is 6.08 Å². The summed E-state index contributed by atoms with van der Waals surface area (Å²) in [5, 5.41) is 14.3. The Balaban J connectivity index is 2.39. The Labute approximate surface area is 164 Å². The van der Waals surface area contributed by atoms with Crippen molar-refractivity contribution in [3.8, 4) is 5.75 Å². The molecule has 0 aliphatic rings. The van der Waals surface area contributed by atoms with Gasteiger partial charge in [-0.15, -0.1) is 0 Å². The van der Waals surface area contributed by atoms with Crippen molar-refractivity contribution in [2.45, 2.75) is 13.0 Å². The Morgan fingerprint density at radius 2 is 1.96 bits per heavy atom. The summed E-state index contributed by atoms with van der Waals surface area (Å²) in [6, 6.07) is 9.13. The van der Waals surface area contributed by atoms with Crippen LogP contribution in [0.1, 0.15) is 28.4 Å². The quantitative estimate of drug-likeness (QED) is 0.526. The van der Waals surface area contributed by atoms with Gasteiger partial charge in [0.25, 0.3) is 5.91 Å². The first-order chi connectivity index (χ1) is 13.4. The van der Waals surface area contributed by atoms with Gasteiger partial charge < -0.3 is 26.5 Å². The van der Waals surface area contributed by atoms with Gasteiger partial charge in [-0.1, -0.05) is 18.2 Å². The molecule has 5 N–H and O–H groups in total. The minimum Gasteiger partial charge on any atom is -0.495 e. The Morgan fingerprint density at radius 1 is 1.29 bits per heavy atom. The van der Waals surface area contributed by atoms with Crippen LogP contribution < -0.4 is 21.1 Å². The second-order valence-corrected chi connectivity index (χ2v) is 6.30. The van der Waals surface area contributed by atoms with Gasteiger partial charge in [-0.25, -0.2) is 4.39 Å². The van der Waals surface area contributed by atoms with Gasteiger partial charge in [-0.3, -0.25) is 4.79 Å². The number of benzene rings is 2. The maximum Gasteiger partial charge on any atom is 0.255 e. The van der Waals surface area contributed by atoms with E-state index >= 15 is 0 Å². The molecule has 2 aromatic rings. The lowest BCUT2D eigenvalue weighted by Crippen LogP contribution is -2.35. The minimum absolute atomic E-state index is 0.146. The number of allylic oxidation sites excluding steroid dienone is 1. The van der Waals surface area contributed by atoms with Crippen molar-refractivity contribution in [2.75, 3.05) is 26.0 Å². The van der Waals surface area contributed by atoms with Crippen molar-refractivity contribution in [2.24, 2.45) is 5.73 Å². The standard InChI is InChI=1S/C21H25FN4O2/c1-13(23)12-26-21(27)16-9-11-18(25-2)19(20(16)28-3)17(24)10-6-14-4-7-15(22)8-5-14/h4-11,13,24-25H,12,23H2,1-3H3,(H,26,27)/b10-6+,24-17?. The number of methoxy groups -OCH3 is 1. The molecule has 1 amide bonds. The van der Waals surface area contributed by atoms with Gasteiger partial charge in [0.05, 0.1) is 23.9 Å². The molecule has 2 rings (SSSR count). The molecule has 0 heterocycles. The van der Waals surface area contributed by atoms with Gasteiger partial charge in [-0.05, 0) is 42.8 Å². The molecule has 1 unspecified atom stereocenters. The van der Waals surface area contributed by atoms with E-state index in [1.54, 1.807) is 50.4 Å². The van der Waals surface area contributed by atoms with Crippen molar-refractivity contribution < 1.29 is 13.9 Å². The van der Waals surface area contributed by atoms with Crippen LogP contribution in [-0.2, 0) is 0 Å². The first kappa shape index (κ1) is 21.1. The lowest BCUT2D eigenvalue weighted by atomic mass is 10.00. The number of nitrogens with one attached hydrogen (secondary N) is 3. The molecule has 2 aromatic carbocycles. The number of anilines is 1. The largest absolute Gasteiger partial charge is 0.495 e. The molecule has 0 aliphatic heterocycles. The highest BCUT2D eigenvalue weighted by Gasteiger charge is 2.20. The number of hydrogen-bond acceptors (Lipinski definition) is 5. The highest BCUT2D eigenvalue weighted by molar-refractivity contribution is 6.16. The number of nitrogens with two attached hydrogens (primary N) is 1. The molecular formula is C21H25FN4O2. The number of rotatable bonds is 8. The third kappa shape index (κ3) is 5.17. The van der Waals surface area contributed by atoms with Gasteiger partial charge in [0, 0.05) is 25.3 Å². The fourth-order valence-electron chi connectivity index (χ4n) is 2.63. The third-order valence-corrected chi connectivity index (χ3v) is 4.04. The van der Waals surface area contributed by atoms with Crippen molar-refractivity contribution in [1.82, 2.24) is 5.32 Å². The first-order valence-electron chi connectivity index (χ1n) is 8.82. The Hall–Kier alpha value is -3.19. The summed E-state index contributed by atoms with van der Waals surface area (Å²) in [5.41, 5.74) is 8.01. The second-order valence-electron chi connectivity index (χ2n) is 6.30. The van der Waals surface area contributed by atoms with Crippen molar-refractivity contribution in [3.05, 3.63) is 65.0 Å². The number of amides is 1. The van der Waals surface area contributed by atoms with Crippen LogP contribution in [0.3, 0.4) is 0 Å². The molecule has 148 valence electrons. The van der Waals surface area contributed by atoms with Crippen LogP contribution in [0.15, 0.2) is 42.5 Å². The number of carbonyl (C=O) groups is 1. The summed E-state index contributed by atoms with van der Waals surface area (Å²) in [7, 11) is 3.18. The molecule has 0 saturated carbocycles. The second kappa shape index (κ2) is 9.66. The lowest BCUT2D eigenvalue weighted by Gasteiger charge is -2.17. The monoisotopic (exact) mass is 384 g/mol. The van der Waals surface area contributed by atoms with E-state index in [1.165, 1.54) is 19.2 Å².